The van der Waals surface area contributed by atoms with E-state index in [4.69, 9.17) is 16.3 Å². The van der Waals surface area contributed by atoms with E-state index >= 15 is 0 Å². The highest BCUT2D eigenvalue weighted by atomic mass is 35.5. The smallest absolute Gasteiger partial charge is 0.138 e. The monoisotopic (exact) mass is 353 g/mol. The highest BCUT2D eigenvalue weighted by Gasteiger charge is 2.15. The van der Waals surface area contributed by atoms with Gasteiger partial charge >= 0.3 is 0 Å². The molecule has 1 aromatic carbocycles. The van der Waals surface area contributed by atoms with Crippen molar-refractivity contribution in [3.8, 4) is 5.75 Å². The molecule has 25 heavy (non-hydrogen) atoms. The number of hydrogen-bond acceptors (Lipinski definition) is 4. The van der Waals surface area contributed by atoms with Gasteiger partial charge in [0.1, 0.15) is 16.7 Å². The Labute approximate surface area is 152 Å². The highest BCUT2D eigenvalue weighted by molar-refractivity contribution is 6.29. The summed E-state index contributed by atoms with van der Waals surface area (Å²) in [4.78, 5) is 8.55. The van der Waals surface area contributed by atoms with Crippen LogP contribution in [-0.2, 0) is 0 Å². The van der Waals surface area contributed by atoms with Gasteiger partial charge in [-0.1, -0.05) is 18.0 Å². The summed E-state index contributed by atoms with van der Waals surface area (Å²) < 4.78 is 6.17. The average molecular weight is 354 g/mol. The number of anilines is 2. The van der Waals surface area contributed by atoms with Crippen LogP contribution in [0.25, 0.3) is 10.8 Å². The van der Waals surface area contributed by atoms with Crippen LogP contribution >= 0.6 is 11.6 Å². The van der Waals surface area contributed by atoms with E-state index in [1.165, 1.54) is 19.3 Å². The van der Waals surface area contributed by atoms with Gasteiger partial charge < -0.3 is 10.1 Å². The first-order chi connectivity index (χ1) is 12.3. The van der Waals surface area contributed by atoms with Gasteiger partial charge in [0.05, 0.1) is 18.0 Å². The maximum Gasteiger partial charge on any atom is 0.138 e. The standard InChI is InChI=1S/C20H20ClN3O/c21-19-9-6-15(13-23-19)24-20-18-8-7-17(12-14(18)10-11-22-20)25-16-4-2-1-3-5-16/h6-13,16H,1-5H2,(H,22,24). The zero-order valence-electron chi connectivity index (χ0n) is 13.9. The van der Waals surface area contributed by atoms with Crippen LogP contribution in [-0.4, -0.2) is 16.1 Å². The molecule has 2 heterocycles. The van der Waals surface area contributed by atoms with E-state index in [0.717, 1.165) is 40.9 Å². The van der Waals surface area contributed by atoms with Crippen LogP contribution in [0.2, 0.25) is 5.15 Å². The third-order valence-corrected chi connectivity index (χ3v) is 4.80. The Hall–Kier alpha value is -2.33. The van der Waals surface area contributed by atoms with E-state index in [1.807, 2.05) is 18.2 Å². The lowest BCUT2D eigenvalue weighted by molar-refractivity contribution is 0.155. The van der Waals surface area contributed by atoms with E-state index in [9.17, 15) is 0 Å². The van der Waals surface area contributed by atoms with Crippen LogP contribution in [0.3, 0.4) is 0 Å². The van der Waals surface area contributed by atoms with Gasteiger partial charge in [-0.3, -0.25) is 0 Å². The van der Waals surface area contributed by atoms with Gasteiger partial charge in [-0.2, -0.15) is 0 Å². The lowest BCUT2D eigenvalue weighted by Gasteiger charge is -2.23. The molecule has 3 aromatic rings. The topological polar surface area (TPSA) is 47.0 Å². The molecule has 0 spiro atoms. The van der Waals surface area contributed by atoms with Crippen molar-refractivity contribution in [3.63, 3.8) is 0 Å². The fourth-order valence-corrected chi connectivity index (χ4v) is 3.40. The Morgan fingerprint density at radius 1 is 1.00 bits per heavy atom. The molecule has 1 aliphatic rings. The SMILES string of the molecule is Clc1ccc(Nc2nccc3cc(OC4CCCCC4)ccc23)cn1. The zero-order chi connectivity index (χ0) is 17.1. The number of pyridine rings is 2. The van der Waals surface area contributed by atoms with Crippen molar-refractivity contribution in [2.24, 2.45) is 0 Å². The lowest BCUT2D eigenvalue weighted by atomic mass is 9.98. The predicted octanol–water partition coefficient (Wildman–Crippen LogP) is 5.74. The molecule has 128 valence electrons. The second-order valence-corrected chi connectivity index (χ2v) is 6.80. The summed E-state index contributed by atoms with van der Waals surface area (Å²) in [6.07, 6.45) is 10.0. The first kappa shape index (κ1) is 16.2. The van der Waals surface area contributed by atoms with Crippen LogP contribution in [0.5, 0.6) is 5.75 Å². The van der Waals surface area contributed by atoms with E-state index in [-0.39, 0.29) is 0 Å². The molecule has 0 saturated heterocycles. The number of rotatable bonds is 4. The Morgan fingerprint density at radius 3 is 2.68 bits per heavy atom. The van der Waals surface area contributed by atoms with Crippen molar-refractivity contribution < 1.29 is 4.74 Å². The summed E-state index contributed by atoms with van der Waals surface area (Å²) in [5.41, 5.74) is 0.854. The molecule has 1 saturated carbocycles. The first-order valence-electron chi connectivity index (χ1n) is 8.72. The minimum absolute atomic E-state index is 0.353. The molecule has 2 aromatic heterocycles. The third kappa shape index (κ3) is 3.85. The molecule has 0 unspecified atom stereocenters. The van der Waals surface area contributed by atoms with Crippen LogP contribution in [0.15, 0.2) is 48.8 Å². The van der Waals surface area contributed by atoms with Crippen molar-refractivity contribution in [1.82, 2.24) is 9.97 Å². The fraction of sp³-hybridized carbons (Fsp3) is 0.300. The minimum atomic E-state index is 0.353. The van der Waals surface area contributed by atoms with Crippen LogP contribution < -0.4 is 10.1 Å². The van der Waals surface area contributed by atoms with Gasteiger partial charge in [0.25, 0.3) is 0 Å². The van der Waals surface area contributed by atoms with Crippen molar-refractivity contribution in [1.29, 1.82) is 0 Å². The summed E-state index contributed by atoms with van der Waals surface area (Å²) in [5.74, 6) is 1.73. The van der Waals surface area contributed by atoms with Crippen molar-refractivity contribution in [2.45, 2.75) is 38.2 Å². The molecule has 0 bridgehead atoms. The number of hydrogen-bond donors (Lipinski definition) is 1. The highest BCUT2D eigenvalue weighted by Crippen LogP contribution is 2.29. The fourth-order valence-electron chi connectivity index (χ4n) is 3.29. The van der Waals surface area contributed by atoms with Crippen molar-refractivity contribution >= 4 is 33.9 Å². The van der Waals surface area contributed by atoms with E-state index < -0.39 is 0 Å². The first-order valence-corrected chi connectivity index (χ1v) is 9.10. The summed E-state index contributed by atoms with van der Waals surface area (Å²) in [6, 6.07) is 11.8. The number of fused-ring (bicyclic) bond motifs is 1. The molecule has 0 amide bonds. The van der Waals surface area contributed by atoms with Gasteiger partial charge in [-0.05, 0) is 67.5 Å². The van der Waals surface area contributed by atoms with Crippen LogP contribution in [0.1, 0.15) is 32.1 Å². The second kappa shape index (κ2) is 7.28. The maximum atomic E-state index is 6.17. The molecule has 0 radical (unpaired) electrons. The summed E-state index contributed by atoms with van der Waals surface area (Å²) in [7, 11) is 0. The van der Waals surface area contributed by atoms with Crippen LogP contribution in [0, 0.1) is 0 Å². The largest absolute Gasteiger partial charge is 0.490 e. The molecule has 1 aliphatic carbocycles. The molecule has 0 aliphatic heterocycles. The Kier molecular flexibility index (Phi) is 4.70. The number of ether oxygens (including phenoxy) is 1. The average Bonchev–Trinajstić information content (AvgIpc) is 2.64. The second-order valence-electron chi connectivity index (χ2n) is 6.41. The molecule has 4 nitrogen and oxygen atoms in total. The Morgan fingerprint density at radius 2 is 1.88 bits per heavy atom. The van der Waals surface area contributed by atoms with E-state index in [1.54, 1.807) is 18.5 Å². The van der Waals surface area contributed by atoms with Gasteiger partial charge in [-0.25, -0.2) is 9.97 Å². The summed E-state index contributed by atoms with van der Waals surface area (Å²) in [5, 5.41) is 5.93. The number of halogens is 1. The number of nitrogens with zero attached hydrogens (tertiary/aromatic N) is 2. The lowest BCUT2D eigenvalue weighted by Crippen LogP contribution is -2.19. The zero-order valence-corrected chi connectivity index (χ0v) is 14.7. The molecular formula is C20H20ClN3O. The van der Waals surface area contributed by atoms with Crippen molar-refractivity contribution in [2.75, 3.05) is 5.32 Å². The molecule has 1 N–H and O–H groups in total. The Bertz CT molecular complexity index is 860. The molecule has 5 heteroatoms. The summed E-state index contributed by atoms with van der Waals surface area (Å²) >= 11 is 5.84. The van der Waals surface area contributed by atoms with Gasteiger partial charge in [-0.15, -0.1) is 0 Å². The maximum absolute atomic E-state index is 6.17. The molecule has 1 fully saturated rings. The number of aromatic nitrogens is 2. The summed E-state index contributed by atoms with van der Waals surface area (Å²) in [6.45, 7) is 0. The van der Waals surface area contributed by atoms with Crippen LogP contribution in [0.4, 0.5) is 11.5 Å². The molecular weight excluding hydrogens is 334 g/mol. The quantitative estimate of drug-likeness (QED) is 0.607. The normalized spacial score (nSPS) is 15.2. The van der Waals surface area contributed by atoms with E-state index in [0.29, 0.717) is 11.3 Å². The molecule has 0 atom stereocenters. The predicted molar refractivity (Wildman–Crippen MR) is 102 cm³/mol. The van der Waals surface area contributed by atoms with Gasteiger partial charge in [0.2, 0.25) is 0 Å². The minimum Gasteiger partial charge on any atom is -0.490 e. The third-order valence-electron chi connectivity index (χ3n) is 4.58. The number of benzene rings is 1. The van der Waals surface area contributed by atoms with Gasteiger partial charge in [0.15, 0.2) is 0 Å². The Balaban J connectivity index is 1.57. The number of nitrogens with one attached hydrogen (secondary N) is 1. The molecule has 4 rings (SSSR count). The van der Waals surface area contributed by atoms with E-state index in [2.05, 4.69) is 27.4 Å². The van der Waals surface area contributed by atoms with Gasteiger partial charge in [0, 0.05) is 11.6 Å². The van der Waals surface area contributed by atoms with Crippen molar-refractivity contribution in [3.05, 3.63) is 53.9 Å².